The molecule has 88 valence electrons. The molecule has 0 aliphatic heterocycles. The molecule has 4 nitrogen and oxygen atoms in total. The fourth-order valence-electron chi connectivity index (χ4n) is 1.24. The fourth-order valence-corrected chi connectivity index (χ4v) is 1.24. The summed E-state index contributed by atoms with van der Waals surface area (Å²) in [5.41, 5.74) is 1.77. The highest BCUT2D eigenvalue weighted by molar-refractivity contribution is 5.52. The number of hydrogen-bond acceptors (Lipinski definition) is 4. The Kier molecular flexibility index (Phi) is 4.19. The van der Waals surface area contributed by atoms with E-state index in [0.29, 0.717) is 18.7 Å². The molecule has 1 rings (SSSR count). The van der Waals surface area contributed by atoms with Crippen LogP contribution in [0.5, 0.6) is 17.2 Å². The number of allylic oxidation sites excluding steroid dienone is 1. The maximum atomic E-state index is 9.52. The second kappa shape index (κ2) is 5.42. The Labute approximate surface area is 94.9 Å². The van der Waals surface area contributed by atoms with Crippen LogP contribution in [0.15, 0.2) is 23.8 Å². The molecule has 0 spiro atoms. The molecule has 0 heterocycles. The van der Waals surface area contributed by atoms with Crippen LogP contribution in [-0.4, -0.2) is 21.9 Å². The molecule has 0 aliphatic rings. The quantitative estimate of drug-likeness (QED) is 0.357. The van der Waals surface area contributed by atoms with Crippen molar-refractivity contribution in [1.82, 2.24) is 5.32 Å². The summed E-state index contributed by atoms with van der Waals surface area (Å²) in [6.45, 7) is 5.14. The molecule has 0 fully saturated rings. The Morgan fingerprint density at radius 3 is 2.50 bits per heavy atom. The van der Waals surface area contributed by atoms with Crippen molar-refractivity contribution in [1.29, 1.82) is 0 Å². The largest absolute Gasteiger partial charge is 0.504 e. The molecule has 0 radical (unpaired) electrons. The van der Waals surface area contributed by atoms with Crippen molar-refractivity contribution in [2.75, 3.05) is 6.54 Å². The number of phenols is 3. The minimum absolute atomic E-state index is 0.273. The maximum Gasteiger partial charge on any atom is 0.200 e. The molecule has 0 aliphatic carbocycles. The summed E-state index contributed by atoms with van der Waals surface area (Å²) in [5, 5.41) is 31.0. The lowest BCUT2D eigenvalue weighted by Gasteiger charge is -2.07. The Morgan fingerprint density at radius 1 is 1.19 bits per heavy atom. The van der Waals surface area contributed by atoms with Gasteiger partial charge in [0.25, 0.3) is 0 Å². The molecule has 1 aromatic carbocycles. The van der Waals surface area contributed by atoms with Gasteiger partial charge in [0.05, 0.1) is 0 Å². The maximum absolute atomic E-state index is 9.52. The zero-order valence-electron chi connectivity index (χ0n) is 9.49. The lowest BCUT2D eigenvalue weighted by atomic mass is 10.1. The molecular formula is C12H17NO3. The van der Waals surface area contributed by atoms with Crippen LogP contribution in [0.1, 0.15) is 19.4 Å². The van der Waals surface area contributed by atoms with Crippen LogP contribution in [0.2, 0.25) is 0 Å². The molecule has 0 atom stereocenters. The zero-order valence-corrected chi connectivity index (χ0v) is 9.49. The molecule has 0 aromatic heterocycles. The van der Waals surface area contributed by atoms with Gasteiger partial charge < -0.3 is 20.6 Å². The zero-order chi connectivity index (χ0) is 12.1. The summed E-state index contributed by atoms with van der Waals surface area (Å²) in [6.07, 6.45) is 2.03. The third kappa shape index (κ3) is 3.17. The highest BCUT2D eigenvalue weighted by atomic mass is 16.3. The summed E-state index contributed by atoms with van der Waals surface area (Å²) in [7, 11) is 0. The highest BCUT2D eigenvalue weighted by Gasteiger charge is 2.09. The van der Waals surface area contributed by atoms with E-state index in [-0.39, 0.29) is 11.5 Å². The SMILES string of the molecule is CC(C)=CCNCc1ccc(O)c(O)c1O. The van der Waals surface area contributed by atoms with E-state index in [1.807, 2.05) is 19.9 Å². The van der Waals surface area contributed by atoms with Gasteiger partial charge in [-0.1, -0.05) is 17.7 Å². The summed E-state index contributed by atoms with van der Waals surface area (Å²) in [4.78, 5) is 0. The standard InChI is InChI=1S/C12H17NO3/c1-8(2)5-6-13-7-9-3-4-10(14)12(16)11(9)15/h3-5,13-16H,6-7H2,1-2H3. The number of rotatable bonds is 4. The molecular weight excluding hydrogens is 206 g/mol. The molecule has 1 aromatic rings. The van der Waals surface area contributed by atoms with Crippen LogP contribution in [0.3, 0.4) is 0 Å². The van der Waals surface area contributed by atoms with E-state index in [0.717, 1.165) is 0 Å². The lowest BCUT2D eigenvalue weighted by Crippen LogP contribution is -2.13. The van der Waals surface area contributed by atoms with E-state index in [2.05, 4.69) is 5.32 Å². The monoisotopic (exact) mass is 223 g/mol. The topological polar surface area (TPSA) is 72.7 Å². The molecule has 4 heteroatoms. The Bertz CT molecular complexity index is 395. The van der Waals surface area contributed by atoms with Gasteiger partial charge in [-0.25, -0.2) is 0 Å². The predicted octanol–water partition coefficient (Wildman–Crippen LogP) is 1.86. The first kappa shape index (κ1) is 12.4. The van der Waals surface area contributed by atoms with E-state index in [4.69, 9.17) is 5.11 Å². The van der Waals surface area contributed by atoms with Gasteiger partial charge in [0.15, 0.2) is 11.5 Å². The van der Waals surface area contributed by atoms with Gasteiger partial charge in [-0.2, -0.15) is 0 Å². The molecule has 0 saturated carbocycles. The summed E-state index contributed by atoms with van der Waals surface area (Å²) in [5.74, 6) is -1.06. The number of benzene rings is 1. The molecule has 0 bridgehead atoms. The highest BCUT2D eigenvalue weighted by Crippen LogP contribution is 2.36. The van der Waals surface area contributed by atoms with Crippen LogP contribution in [0.25, 0.3) is 0 Å². The van der Waals surface area contributed by atoms with Crippen LogP contribution in [0.4, 0.5) is 0 Å². The van der Waals surface area contributed by atoms with Gasteiger partial charge in [-0.15, -0.1) is 0 Å². The fraction of sp³-hybridized carbons (Fsp3) is 0.333. The average molecular weight is 223 g/mol. The number of phenolic OH excluding ortho intramolecular Hbond substituents is 3. The Morgan fingerprint density at radius 2 is 1.88 bits per heavy atom. The Hall–Kier alpha value is -1.68. The van der Waals surface area contributed by atoms with Gasteiger partial charge in [0.1, 0.15) is 0 Å². The second-order valence-corrected chi connectivity index (χ2v) is 3.85. The predicted molar refractivity (Wildman–Crippen MR) is 62.6 cm³/mol. The number of aromatic hydroxyl groups is 3. The third-order valence-corrected chi connectivity index (χ3v) is 2.18. The van der Waals surface area contributed by atoms with Crippen LogP contribution < -0.4 is 5.32 Å². The molecule has 4 N–H and O–H groups in total. The van der Waals surface area contributed by atoms with Crippen LogP contribution >= 0.6 is 0 Å². The van der Waals surface area contributed by atoms with Crippen molar-refractivity contribution < 1.29 is 15.3 Å². The van der Waals surface area contributed by atoms with Crippen molar-refractivity contribution >= 4 is 0 Å². The molecule has 0 amide bonds. The van der Waals surface area contributed by atoms with Gasteiger partial charge in [-0.05, 0) is 19.9 Å². The van der Waals surface area contributed by atoms with Crippen molar-refractivity contribution in [2.24, 2.45) is 0 Å². The Balaban J connectivity index is 2.62. The van der Waals surface area contributed by atoms with E-state index >= 15 is 0 Å². The number of hydrogen-bond donors (Lipinski definition) is 4. The van der Waals surface area contributed by atoms with Crippen molar-refractivity contribution in [3.8, 4) is 17.2 Å². The van der Waals surface area contributed by atoms with E-state index < -0.39 is 5.75 Å². The first-order valence-electron chi connectivity index (χ1n) is 5.09. The number of nitrogens with one attached hydrogen (secondary N) is 1. The van der Waals surface area contributed by atoms with Crippen LogP contribution in [-0.2, 0) is 6.54 Å². The van der Waals surface area contributed by atoms with E-state index in [1.54, 1.807) is 6.07 Å². The first-order chi connectivity index (χ1) is 7.52. The summed E-state index contributed by atoms with van der Waals surface area (Å²) < 4.78 is 0. The van der Waals surface area contributed by atoms with Crippen molar-refractivity contribution in [3.05, 3.63) is 29.3 Å². The minimum atomic E-state index is -0.471. The normalized spacial score (nSPS) is 10.1. The van der Waals surface area contributed by atoms with E-state index in [9.17, 15) is 10.2 Å². The lowest BCUT2D eigenvalue weighted by molar-refractivity contribution is 0.364. The van der Waals surface area contributed by atoms with Gasteiger partial charge in [0.2, 0.25) is 5.75 Å². The second-order valence-electron chi connectivity index (χ2n) is 3.85. The van der Waals surface area contributed by atoms with Crippen molar-refractivity contribution in [3.63, 3.8) is 0 Å². The average Bonchev–Trinajstić information content (AvgIpc) is 2.23. The van der Waals surface area contributed by atoms with Gasteiger partial charge >= 0.3 is 0 Å². The smallest absolute Gasteiger partial charge is 0.200 e. The van der Waals surface area contributed by atoms with Crippen molar-refractivity contribution in [2.45, 2.75) is 20.4 Å². The first-order valence-corrected chi connectivity index (χ1v) is 5.09. The van der Waals surface area contributed by atoms with Gasteiger partial charge in [0, 0.05) is 18.7 Å². The third-order valence-electron chi connectivity index (χ3n) is 2.18. The summed E-state index contributed by atoms with van der Waals surface area (Å²) >= 11 is 0. The van der Waals surface area contributed by atoms with Gasteiger partial charge in [-0.3, -0.25) is 0 Å². The molecule has 0 unspecified atom stereocenters. The molecule has 16 heavy (non-hydrogen) atoms. The molecule has 0 saturated heterocycles. The minimum Gasteiger partial charge on any atom is -0.504 e. The summed E-state index contributed by atoms with van der Waals surface area (Å²) in [6, 6.07) is 2.92. The van der Waals surface area contributed by atoms with E-state index in [1.165, 1.54) is 11.6 Å². The van der Waals surface area contributed by atoms with Crippen LogP contribution in [0, 0.1) is 0 Å².